The van der Waals surface area contributed by atoms with Crippen molar-refractivity contribution in [2.24, 2.45) is 0 Å². The molecule has 0 saturated carbocycles. The topological polar surface area (TPSA) is 86.7 Å². The van der Waals surface area contributed by atoms with Gasteiger partial charge in [-0.1, -0.05) is 0 Å². The highest BCUT2D eigenvalue weighted by molar-refractivity contribution is 9.10. The second-order valence-corrected chi connectivity index (χ2v) is 6.32. The summed E-state index contributed by atoms with van der Waals surface area (Å²) in [6.07, 6.45) is 6.15. The first-order valence-corrected chi connectivity index (χ1v) is 7.44. The normalized spacial score (nSPS) is 11.8. The first kappa shape index (κ1) is 14.6. The molecule has 2 N–H and O–H groups in total. The number of halogens is 1. The summed E-state index contributed by atoms with van der Waals surface area (Å²) in [5.41, 5.74) is 7.43. The number of aromatic nitrogens is 4. The Labute approximate surface area is 135 Å². The number of hydrogen-bond donors (Lipinski definition) is 1. The van der Waals surface area contributed by atoms with Crippen LogP contribution in [0.25, 0.3) is 22.2 Å². The fraction of sp³-hybridized carbons (Fsp3) is 0.200. The third kappa shape index (κ3) is 2.37. The Morgan fingerprint density at radius 2 is 2.14 bits per heavy atom. The van der Waals surface area contributed by atoms with Crippen molar-refractivity contribution in [1.82, 2.24) is 19.5 Å². The maximum atomic E-state index is 11.4. The molecule has 6 nitrogen and oxygen atoms in total. The summed E-state index contributed by atoms with van der Waals surface area (Å²) < 4.78 is 2.60. The van der Waals surface area contributed by atoms with Gasteiger partial charge in [0.15, 0.2) is 0 Å². The Balaban J connectivity index is 2.35. The molecule has 0 atom stereocenters. The summed E-state index contributed by atoms with van der Waals surface area (Å²) in [5.74, 6) is 0.209. The molecule has 0 amide bonds. The number of nitrogen functional groups attached to an aromatic ring is 1. The number of aldehydes is 1. The van der Waals surface area contributed by atoms with Gasteiger partial charge in [0, 0.05) is 23.3 Å². The molecule has 0 spiro atoms. The number of anilines is 1. The summed E-state index contributed by atoms with van der Waals surface area (Å²) >= 11 is 3.38. The zero-order valence-electron chi connectivity index (χ0n) is 12.1. The molecule has 7 heteroatoms. The number of carbonyl (C=O) groups is 1. The molecule has 0 aliphatic carbocycles. The Bertz CT molecular complexity index is 871. The van der Waals surface area contributed by atoms with E-state index in [1.54, 1.807) is 18.5 Å². The molecule has 0 aliphatic rings. The lowest BCUT2D eigenvalue weighted by atomic mass is 10.1. The zero-order chi connectivity index (χ0) is 15.9. The van der Waals surface area contributed by atoms with Gasteiger partial charge in [-0.3, -0.25) is 0 Å². The summed E-state index contributed by atoms with van der Waals surface area (Å²) in [5, 5.41) is 0.940. The maximum absolute atomic E-state index is 11.4. The minimum absolute atomic E-state index is 0.209. The maximum Gasteiger partial charge on any atom is 0.220 e. The molecule has 112 valence electrons. The van der Waals surface area contributed by atoms with Gasteiger partial charge in [0.25, 0.3) is 0 Å². The van der Waals surface area contributed by atoms with Gasteiger partial charge in [0.05, 0.1) is 22.9 Å². The van der Waals surface area contributed by atoms with Crippen LogP contribution in [0.2, 0.25) is 0 Å². The first-order valence-electron chi connectivity index (χ1n) is 6.64. The molecule has 0 saturated heterocycles. The van der Waals surface area contributed by atoms with Crippen molar-refractivity contribution < 1.29 is 4.79 Å². The lowest BCUT2D eigenvalue weighted by Crippen LogP contribution is -2.26. The van der Waals surface area contributed by atoms with Crippen LogP contribution in [0.15, 0.2) is 35.3 Å². The van der Waals surface area contributed by atoms with Gasteiger partial charge in [0.1, 0.15) is 10.9 Å². The molecule has 3 aromatic rings. The van der Waals surface area contributed by atoms with Gasteiger partial charge < -0.3 is 15.1 Å². The van der Waals surface area contributed by atoms with E-state index in [4.69, 9.17) is 5.73 Å². The van der Waals surface area contributed by atoms with Gasteiger partial charge in [-0.15, -0.1) is 0 Å². The van der Waals surface area contributed by atoms with Crippen LogP contribution >= 0.6 is 15.9 Å². The zero-order valence-corrected chi connectivity index (χ0v) is 13.7. The molecule has 3 heterocycles. The van der Waals surface area contributed by atoms with Gasteiger partial charge in [-0.2, -0.15) is 0 Å². The number of hydrogen-bond acceptors (Lipinski definition) is 5. The molecule has 0 unspecified atom stereocenters. The van der Waals surface area contributed by atoms with E-state index in [0.29, 0.717) is 10.3 Å². The van der Waals surface area contributed by atoms with Crippen molar-refractivity contribution in [3.05, 3.63) is 35.3 Å². The summed E-state index contributed by atoms with van der Waals surface area (Å²) in [4.78, 5) is 23.9. The number of nitrogens with zero attached hydrogens (tertiary/aromatic N) is 4. The van der Waals surface area contributed by atoms with Crippen molar-refractivity contribution in [3.63, 3.8) is 0 Å². The Morgan fingerprint density at radius 3 is 2.82 bits per heavy atom. The van der Waals surface area contributed by atoms with E-state index in [9.17, 15) is 4.79 Å². The third-order valence-electron chi connectivity index (χ3n) is 3.52. The predicted octanol–water partition coefficient (Wildman–Crippen LogP) is 2.77. The quantitative estimate of drug-likeness (QED) is 0.573. The fourth-order valence-corrected chi connectivity index (χ4v) is 2.69. The fourth-order valence-electron chi connectivity index (χ4n) is 2.36. The standard InChI is InChI=1S/C15H14BrN5O/c1-15(2,8-22)21-7-10(11-3-4-18-14(17)20-11)9-5-13(16)19-6-12(9)21/h3-8H,1-2H3,(H2,17,18,20). The highest BCUT2D eigenvalue weighted by atomic mass is 79.9. The minimum Gasteiger partial charge on any atom is -0.368 e. The minimum atomic E-state index is -0.690. The van der Waals surface area contributed by atoms with E-state index in [1.165, 1.54) is 0 Å². The van der Waals surface area contributed by atoms with Crippen molar-refractivity contribution in [3.8, 4) is 11.3 Å². The van der Waals surface area contributed by atoms with E-state index in [1.807, 2.05) is 30.7 Å². The molecule has 22 heavy (non-hydrogen) atoms. The van der Waals surface area contributed by atoms with Gasteiger partial charge in [0.2, 0.25) is 5.95 Å². The van der Waals surface area contributed by atoms with E-state index in [-0.39, 0.29) is 5.95 Å². The molecule has 3 rings (SSSR count). The molecular weight excluding hydrogens is 346 g/mol. The Morgan fingerprint density at radius 1 is 1.36 bits per heavy atom. The average Bonchev–Trinajstić information content (AvgIpc) is 2.86. The van der Waals surface area contributed by atoms with Crippen LogP contribution in [0.4, 0.5) is 5.95 Å². The lowest BCUT2D eigenvalue weighted by molar-refractivity contribution is -0.113. The number of nitrogens with two attached hydrogens (primary N) is 1. The average molecular weight is 360 g/mol. The van der Waals surface area contributed by atoms with Crippen LogP contribution in [0.1, 0.15) is 13.8 Å². The Hall–Kier alpha value is -2.28. The van der Waals surface area contributed by atoms with Crippen molar-refractivity contribution in [1.29, 1.82) is 0 Å². The van der Waals surface area contributed by atoms with Crippen LogP contribution in [-0.4, -0.2) is 25.8 Å². The molecular formula is C15H14BrN5O. The first-order chi connectivity index (χ1) is 10.4. The van der Waals surface area contributed by atoms with Crippen LogP contribution in [0.5, 0.6) is 0 Å². The predicted molar refractivity (Wildman–Crippen MR) is 88.3 cm³/mol. The second kappa shape index (κ2) is 5.17. The van der Waals surface area contributed by atoms with Gasteiger partial charge in [-0.05, 0) is 41.9 Å². The molecule has 0 radical (unpaired) electrons. The highest BCUT2D eigenvalue weighted by Crippen LogP contribution is 2.33. The molecule has 0 aliphatic heterocycles. The largest absolute Gasteiger partial charge is 0.368 e. The third-order valence-corrected chi connectivity index (χ3v) is 3.95. The number of rotatable bonds is 3. The molecule has 0 bridgehead atoms. The summed E-state index contributed by atoms with van der Waals surface area (Å²) in [6, 6.07) is 3.69. The second-order valence-electron chi connectivity index (χ2n) is 5.51. The smallest absolute Gasteiger partial charge is 0.220 e. The monoisotopic (exact) mass is 359 g/mol. The van der Waals surface area contributed by atoms with E-state index < -0.39 is 5.54 Å². The van der Waals surface area contributed by atoms with Crippen LogP contribution in [-0.2, 0) is 10.3 Å². The van der Waals surface area contributed by atoms with Crippen LogP contribution < -0.4 is 5.73 Å². The van der Waals surface area contributed by atoms with Crippen LogP contribution in [0, 0.1) is 0 Å². The molecule has 3 aromatic heterocycles. The van der Waals surface area contributed by atoms with Crippen molar-refractivity contribution in [2.75, 3.05) is 5.73 Å². The lowest BCUT2D eigenvalue weighted by Gasteiger charge is -2.20. The number of pyridine rings is 1. The van der Waals surface area contributed by atoms with E-state index >= 15 is 0 Å². The summed E-state index contributed by atoms with van der Waals surface area (Å²) in [7, 11) is 0. The van der Waals surface area contributed by atoms with Gasteiger partial charge in [-0.25, -0.2) is 15.0 Å². The number of fused-ring (bicyclic) bond motifs is 1. The number of carbonyl (C=O) groups excluding carboxylic acids is 1. The van der Waals surface area contributed by atoms with E-state index in [2.05, 4.69) is 30.9 Å². The molecule has 0 fully saturated rings. The van der Waals surface area contributed by atoms with Crippen LogP contribution in [0.3, 0.4) is 0 Å². The Kier molecular flexibility index (Phi) is 3.44. The van der Waals surface area contributed by atoms with Gasteiger partial charge >= 0.3 is 0 Å². The van der Waals surface area contributed by atoms with E-state index in [0.717, 1.165) is 22.8 Å². The van der Waals surface area contributed by atoms with Crippen molar-refractivity contribution >= 4 is 39.1 Å². The summed E-state index contributed by atoms with van der Waals surface area (Å²) in [6.45, 7) is 3.69. The highest BCUT2D eigenvalue weighted by Gasteiger charge is 2.24. The van der Waals surface area contributed by atoms with Crippen molar-refractivity contribution in [2.45, 2.75) is 19.4 Å². The molecule has 0 aromatic carbocycles. The SMILES string of the molecule is CC(C)(C=O)n1cc(-c2ccnc(N)n2)c2cc(Br)ncc21.